The van der Waals surface area contributed by atoms with Gasteiger partial charge in [-0.05, 0) is 0 Å². The van der Waals surface area contributed by atoms with Gasteiger partial charge in [0.1, 0.15) is 0 Å². The summed E-state index contributed by atoms with van der Waals surface area (Å²) < 4.78 is 21.5. The molecular formula is C2H3F2NO2. The third-order valence-corrected chi connectivity index (χ3v) is 0.255. The zero-order valence-corrected chi connectivity index (χ0v) is 3.27. The first-order valence-electron chi connectivity index (χ1n) is 1.44. The highest BCUT2D eigenvalue weighted by molar-refractivity contribution is 5.68. The summed E-state index contributed by atoms with van der Waals surface area (Å²) in [5.74, 6) is -1.54. The van der Waals surface area contributed by atoms with Crippen molar-refractivity contribution in [2.45, 2.75) is 0 Å². The molecule has 7 heavy (non-hydrogen) atoms. The topological polar surface area (TPSA) is 40.5 Å². The number of carboxylic acids is 1. The van der Waals surface area contributed by atoms with Crippen LogP contribution in [-0.2, 0) is 4.79 Å². The van der Waals surface area contributed by atoms with Crippen LogP contribution in [0.1, 0.15) is 0 Å². The molecular weight excluding hydrogens is 108 g/mol. The van der Waals surface area contributed by atoms with Gasteiger partial charge in [-0.2, -0.15) is 0 Å². The van der Waals surface area contributed by atoms with Gasteiger partial charge in [0.15, 0.2) is 6.54 Å². The van der Waals surface area contributed by atoms with Crippen LogP contribution in [0.3, 0.4) is 0 Å². The van der Waals surface area contributed by atoms with Gasteiger partial charge in [0, 0.05) is 5.34 Å². The van der Waals surface area contributed by atoms with Gasteiger partial charge in [0.05, 0.1) is 0 Å². The minimum absolute atomic E-state index is 1.22. The van der Waals surface area contributed by atoms with E-state index in [2.05, 4.69) is 0 Å². The predicted molar refractivity (Wildman–Crippen MR) is 16.6 cm³/mol. The lowest BCUT2D eigenvalue weighted by Gasteiger charge is -1.89. The molecule has 1 N–H and O–H groups in total. The first-order chi connectivity index (χ1) is 3.13. The van der Waals surface area contributed by atoms with E-state index in [0.717, 1.165) is 0 Å². The van der Waals surface area contributed by atoms with Crippen LogP contribution >= 0.6 is 0 Å². The van der Waals surface area contributed by atoms with E-state index in [1.54, 1.807) is 0 Å². The molecule has 0 aromatic heterocycles. The maximum atomic E-state index is 10.7. The molecule has 0 fully saturated rings. The summed E-state index contributed by atoms with van der Waals surface area (Å²) in [5.41, 5.74) is 0. The van der Waals surface area contributed by atoms with Crippen LogP contribution in [0.2, 0.25) is 0 Å². The Labute approximate surface area is 38.0 Å². The number of aliphatic carboxylic acids is 1. The van der Waals surface area contributed by atoms with Gasteiger partial charge in [-0.1, -0.05) is 0 Å². The summed E-state index contributed by atoms with van der Waals surface area (Å²) in [6.07, 6.45) is 0. The molecule has 0 atom stereocenters. The number of halogens is 2. The first-order valence-corrected chi connectivity index (χ1v) is 1.44. The molecule has 42 valence electrons. The zero-order valence-electron chi connectivity index (χ0n) is 3.27. The molecule has 0 saturated heterocycles. The molecule has 0 aliphatic rings. The van der Waals surface area contributed by atoms with Gasteiger partial charge in [0.25, 0.3) is 0 Å². The van der Waals surface area contributed by atoms with Crippen molar-refractivity contribution in [3.8, 4) is 0 Å². The Bertz CT molecular complexity index is 74.1. The molecule has 0 aromatic carbocycles. The van der Waals surface area contributed by atoms with E-state index in [9.17, 15) is 13.8 Å². The van der Waals surface area contributed by atoms with E-state index in [1.165, 1.54) is 0 Å². The van der Waals surface area contributed by atoms with Gasteiger partial charge >= 0.3 is 5.97 Å². The number of carboxylic acid groups (broad SMARTS) is 1. The van der Waals surface area contributed by atoms with Gasteiger partial charge in [-0.3, -0.25) is 4.79 Å². The van der Waals surface area contributed by atoms with Crippen molar-refractivity contribution in [1.82, 2.24) is 5.34 Å². The third-order valence-electron chi connectivity index (χ3n) is 0.255. The molecule has 0 aromatic rings. The monoisotopic (exact) mass is 111 g/mol. The zero-order chi connectivity index (χ0) is 5.86. The summed E-state index contributed by atoms with van der Waals surface area (Å²) in [6, 6.07) is 0. The quantitative estimate of drug-likeness (QED) is 0.515. The van der Waals surface area contributed by atoms with Crippen LogP contribution in [0.4, 0.5) is 8.96 Å². The summed E-state index contributed by atoms with van der Waals surface area (Å²) in [5, 5.41) is 6.16. The SMILES string of the molecule is O=C(O)CN(F)F. The maximum absolute atomic E-state index is 10.7. The summed E-state index contributed by atoms with van der Waals surface area (Å²) >= 11 is 0. The van der Waals surface area contributed by atoms with Crippen molar-refractivity contribution in [1.29, 1.82) is 0 Å². The van der Waals surface area contributed by atoms with E-state index >= 15 is 0 Å². The summed E-state index contributed by atoms with van der Waals surface area (Å²) in [6.45, 7) is -1.22. The molecule has 0 unspecified atom stereocenters. The molecule has 3 nitrogen and oxygen atoms in total. The summed E-state index contributed by atoms with van der Waals surface area (Å²) in [4.78, 5) is 9.29. The Morgan fingerprint density at radius 2 is 2.14 bits per heavy atom. The highest BCUT2D eigenvalue weighted by Crippen LogP contribution is 1.84. The van der Waals surface area contributed by atoms with Crippen molar-refractivity contribution >= 4 is 5.97 Å². The smallest absolute Gasteiger partial charge is 0.323 e. The Kier molecular flexibility index (Phi) is 2.21. The molecule has 5 heteroatoms. The fourth-order valence-electron chi connectivity index (χ4n) is 0.102. The maximum Gasteiger partial charge on any atom is 0.323 e. The number of nitrogens with zero attached hydrogens (tertiary/aromatic N) is 1. The average Bonchev–Trinajstić information content (AvgIpc) is 1.27. The second kappa shape index (κ2) is 2.46. The van der Waals surface area contributed by atoms with Crippen molar-refractivity contribution in [2.24, 2.45) is 0 Å². The van der Waals surface area contributed by atoms with E-state index in [4.69, 9.17) is 5.11 Å². The van der Waals surface area contributed by atoms with Crippen LogP contribution in [0.5, 0.6) is 0 Å². The molecule has 0 heterocycles. The normalized spacial score (nSPS) is 9.57. The second-order valence-corrected chi connectivity index (χ2v) is 0.855. The van der Waals surface area contributed by atoms with Gasteiger partial charge in [-0.25, -0.2) is 0 Å². The third kappa shape index (κ3) is 5.29. The van der Waals surface area contributed by atoms with Crippen molar-refractivity contribution in [2.75, 3.05) is 6.54 Å². The minimum Gasteiger partial charge on any atom is -0.480 e. The Morgan fingerprint density at radius 1 is 1.71 bits per heavy atom. The largest absolute Gasteiger partial charge is 0.480 e. The lowest BCUT2D eigenvalue weighted by Crippen LogP contribution is -2.13. The predicted octanol–water partition coefficient (Wildman–Crippen LogP) is 0.142. The summed E-state index contributed by atoms with van der Waals surface area (Å²) in [7, 11) is 0. The van der Waals surface area contributed by atoms with Crippen LogP contribution in [-0.4, -0.2) is 23.0 Å². The average molecular weight is 111 g/mol. The van der Waals surface area contributed by atoms with Crippen LogP contribution in [0.25, 0.3) is 0 Å². The number of carbonyl (C=O) groups is 1. The van der Waals surface area contributed by atoms with Gasteiger partial charge in [-0.15, -0.1) is 8.96 Å². The Morgan fingerprint density at radius 3 is 2.14 bits per heavy atom. The standard InChI is InChI=1S/C2H3F2NO2/c3-5(4)1-2(6)7/h1H2,(H,6,7). The molecule has 0 amide bonds. The van der Waals surface area contributed by atoms with E-state index in [-0.39, 0.29) is 0 Å². The lowest BCUT2D eigenvalue weighted by atomic mass is 10.7. The number of hydrogen-bond acceptors (Lipinski definition) is 2. The fourth-order valence-corrected chi connectivity index (χ4v) is 0.102. The molecule has 0 aliphatic heterocycles. The van der Waals surface area contributed by atoms with Gasteiger partial charge in [0.2, 0.25) is 0 Å². The minimum atomic E-state index is -1.54. The molecule has 0 saturated carbocycles. The van der Waals surface area contributed by atoms with Crippen LogP contribution in [0, 0.1) is 0 Å². The van der Waals surface area contributed by atoms with E-state index in [1.807, 2.05) is 0 Å². The van der Waals surface area contributed by atoms with Crippen molar-refractivity contribution in [3.05, 3.63) is 0 Å². The van der Waals surface area contributed by atoms with E-state index in [0.29, 0.717) is 0 Å². The van der Waals surface area contributed by atoms with Crippen molar-refractivity contribution < 1.29 is 18.9 Å². The van der Waals surface area contributed by atoms with E-state index < -0.39 is 17.9 Å². The molecule has 0 aliphatic carbocycles. The Balaban J connectivity index is 3.13. The van der Waals surface area contributed by atoms with Crippen LogP contribution in [0.15, 0.2) is 0 Å². The lowest BCUT2D eigenvalue weighted by molar-refractivity contribution is -0.175. The number of rotatable bonds is 2. The molecule has 0 radical (unpaired) electrons. The molecule has 0 rings (SSSR count). The van der Waals surface area contributed by atoms with Gasteiger partial charge < -0.3 is 5.11 Å². The Hall–Kier alpha value is -0.710. The molecule has 0 spiro atoms. The second-order valence-electron chi connectivity index (χ2n) is 0.855. The fraction of sp³-hybridized carbons (Fsp3) is 0.500. The molecule has 0 bridgehead atoms. The highest BCUT2D eigenvalue weighted by atomic mass is 19.4. The van der Waals surface area contributed by atoms with Crippen LogP contribution < -0.4 is 0 Å². The number of hydrogen-bond donors (Lipinski definition) is 1. The first kappa shape index (κ1) is 6.29. The highest BCUT2D eigenvalue weighted by Gasteiger charge is 2.03. The van der Waals surface area contributed by atoms with Crippen molar-refractivity contribution in [3.63, 3.8) is 0 Å².